The second kappa shape index (κ2) is 6.10. The minimum Gasteiger partial charge on any atom is -0.460 e. The molecule has 0 aromatic carbocycles. The number of ether oxygens (including phenoxy) is 1. The summed E-state index contributed by atoms with van der Waals surface area (Å²) in [6.45, 7) is 6.64. The number of aliphatic hydroxyl groups excluding tert-OH is 1. The maximum absolute atomic E-state index is 11.4. The summed E-state index contributed by atoms with van der Waals surface area (Å²) in [4.78, 5) is 11.4. The molecular formula is C9H20BNO4. The van der Waals surface area contributed by atoms with Gasteiger partial charge in [-0.1, -0.05) is 0 Å². The lowest BCUT2D eigenvalue weighted by molar-refractivity contribution is -0.155. The summed E-state index contributed by atoms with van der Waals surface area (Å²) in [6, 6.07) is -0.472. The van der Waals surface area contributed by atoms with E-state index in [0.717, 1.165) is 0 Å². The first-order chi connectivity index (χ1) is 6.74. The quantitative estimate of drug-likeness (QED) is 0.438. The van der Waals surface area contributed by atoms with Crippen molar-refractivity contribution < 1.29 is 19.7 Å². The first-order valence-corrected chi connectivity index (χ1v) is 5.01. The van der Waals surface area contributed by atoms with Crippen molar-refractivity contribution in [2.24, 2.45) is 0 Å². The molecule has 3 N–H and O–H groups in total. The van der Waals surface area contributed by atoms with Gasteiger partial charge in [-0.15, -0.1) is 0 Å². The van der Waals surface area contributed by atoms with Crippen molar-refractivity contribution >= 4 is 13.0 Å². The standard InChI is InChI=1S/C9H20BNO4/c1-9(2,3)15-8(13)5-7(6-12)11-10(4)14/h7,11-12,14H,5-6H2,1-4H3/t7-/m1/s1. The van der Waals surface area contributed by atoms with Gasteiger partial charge in [-0.2, -0.15) is 0 Å². The molecule has 0 aliphatic carbocycles. The monoisotopic (exact) mass is 217 g/mol. The van der Waals surface area contributed by atoms with E-state index in [1.807, 2.05) is 0 Å². The summed E-state index contributed by atoms with van der Waals surface area (Å²) in [7, 11) is -0.760. The van der Waals surface area contributed by atoms with Crippen molar-refractivity contribution in [3.63, 3.8) is 0 Å². The number of hydrogen-bond acceptors (Lipinski definition) is 5. The predicted octanol–water partition coefficient (Wildman–Crippen LogP) is -0.221. The minimum atomic E-state index is -0.760. The average molecular weight is 217 g/mol. The number of nitrogens with one attached hydrogen (secondary N) is 1. The van der Waals surface area contributed by atoms with E-state index in [1.165, 1.54) is 6.82 Å². The molecule has 0 fully saturated rings. The van der Waals surface area contributed by atoms with Gasteiger partial charge in [0.25, 0.3) is 0 Å². The van der Waals surface area contributed by atoms with Crippen molar-refractivity contribution in [1.29, 1.82) is 0 Å². The lowest BCUT2D eigenvalue weighted by Gasteiger charge is -2.22. The van der Waals surface area contributed by atoms with Crippen LogP contribution in [-0.4, -0.2) is 41.4 Å². The Morgan fingerprint density at radius 3 is 2.40 bits per heavy atom. The van der Waals surface area contributed by atoms with E-state index in [0.29, 0.717) is 0 Å². The zero-order valence-electron chi connectivity index (χ0n) is 9.78. The summed E-state index contributed by atoms with van der Waals surface area (Å²) in [5.41, 5.74) is -0.526. The van der Waals surface area contributed by atoms with Gasteiger partial charge in [0.05, 0.1) is 13.0 Å². The topological polar surface area (TPSA) is 78.8 Å². The highest BCUT2D eigenvalue weighted by atomic mass is 16.6. The van der Waals surface area contributed by atoms with Gasteiger partial charge in [0.1, 0.15) is 5.60 Å². The van der Waals surface area contributed by atoms with Crippen LogP contribution in [0.1, 0.15) is 27.2 Å². The van der Waals surface area contributed by atoms with Crippen molar-refractivity contribution in [1.82, 2.24) is 5.23 Å². The third kappa shape index (κ3) is 8.41. The highest BCUT2D eigenvalue weighted by molar-refractivity contribution is 6.45. The zero-order chi connectivity index (χ0) is 12.1. The Hall–Kier alpha value is -0.585. The van der Waals surface area contributed by atoms with Gasteiger partial charge in [-0.25, -0.2) is 0 Å². The molecule has 0 saturated carbocycles. The fraction of sp³-hybridized carbons (Fsp3) is 0.889. The molecule has 0 bridgehead atoms. The van der Waals surface area contributed by atoms with Crippen LogP contribution in [0.3, 0.4) is 0 Å². The number of esters is 1. The van der Waals surface area contributed by atoms with E-state index in [4.69, 9.17) is 14.9 Å². The third-order valence-electron chi connectivity index (χ3n) is 1.53. The smallest absolute Gasteiger partial charge is 0.373 e. The summed E-state index contributed by atoms with van der Waals surface area (Å²) < 4.78 is 5.08. The molecule has 0 radical (unpaired) electrons. The van der Waals surface area contributed by atoms with E-state index < -0.39 is 24.7 Å². The van der Waals surface area contributed by atoms with Gasteiger partial charge in [0.2, 0.25) is 0 Å². The second-order valence-electron chi connectivity index (χ2n) is 4.51. The lowest BCUT2D eigenvalue weighted by atomic mass is 9.87. The van der Waals surface area contributed by atoms with E-state index in [9.17, 15) is 4.79 Å². The normalized spacial score (nSPS) is 13.5. The molecule has 0 rings (SSSR count). The largest absolute Gasteiger partial charge is 0.460 e. The second-order valence-corrected chi connectivity index (χ2v) is 4.51. The molecule has 15 heavy (non-hydrogen) atoms. The molecular weight excluding hydrogens is 197 g/mol. The molecule has 0 saturated heterocycles. The summed E-state index contributed by atoms with van der Waals surface area (Å²) in [5, 5.41) is 20.6. The van der Waals surface area contributed by atoms with Gasteiger partial charge in [0, 0.05) is 6.04 Å². The maximum atomic E-state index is 11.4. The Bertz CT molecular complexity index is 203. The molecule has 5 nitrogen and oxygen atoms in total. The van der Waals surface area contributed by atoms with Crippen LogP contribution in [0.25, 0.3) is 0 Å². The van der Waals surface area contributed by atoms with Crippen LogP contribution in [0.15, 0.2) is 0 Å². The average Bonchev–Trinajstić information content (AvgIpc) is 1.98. The lowest BCUT2D eigenvalue weighted by Crippen LogP contribution is -2.44. The SMILES string of the molecule is CB(O)N[C@@H](CO)CC(=O)OC(C)(C)C. The van der Waals surface area contributed by atoms with Crippen LogP contribution in [0.5, 0.6) is 0 Å². The molecule has 88 valence electrons. The summed E-state index contributed by atoms with van der Waals surface area (Å²) >= 11 is 0. The highest BCUT2D eigenvalue weighted by Gasteiger charge is 2.21. The van der Waals surface area contributed by atoms with Crippen LogP contribution < -0.4 is 5.23 Å². The van der Waals surface area contributed by atoms with Gasteiger partial charge >= 0.3 is 13.0 Å². The number of carbonyl (C=O) groups is 1. The molecule has 0 amide bonds. The molecule has 0 aliphatic rings. The molecule has 6 heteroatoms. The number of carbonyl (C=O) groups excluding carboxylic acids is 1. The Morgan fingerprint density at radius 1 is 1.53 bits per heavy atom. The third-order valence-corrected chi connectivity index (χ3v) is 1.53. The molecule has 0 heterocycles. The van der Waals surface area contributed by atoms with Crippen LogP contribution >= 0.6 is 0 Å². The van der Waals surface area contributed by atoms with E-state index in [2.05, 4.69) is 5.23 Å². The summed E-state index contributed by atoms with van der Waals surface area (Å²) in [6.07, 6.45) is 0.0403. The van der Waals surface area contributed by atoms with Gasteiger partial charge in [-0.3, -0.25) is 4.79 Å². The predicted molar refractivity (Wildman–Crippen MR) is 58.3 cm³/mol. The Morgan fingerprint density at radius 2 is 2.07 bits per heavy atom. The van der Waals surface area contributed by atoms with Gasteiger partial charge in [0.15, 0.2) is 0 Å². The van der Waals surface area contributed by atoms with E-state index in [1.54, 1.807) is 20.8 Å². The van der Waals surface area contributed by atoms with Crippen LogP contribution in [0.4, 0.5) is 0 Å². The molecule has 0 unspecified atom stereocenters. The van der Waals surface area contributed by atoms with E-state index >= 15 is 0 Å². The minimum absolute atomic E-state index is 0.0403. The zero-order valence-corrected chi connectivity index (χ0v) is 9.78. The molecule has 0 spiro atoms. The van der Waals surface area contributed by atoms with Gasteiger partial charge < -0.3 is 20.1 Å². The van der Waals surface area contributed by atoms with Gasteiger partial charge in [-0.05, 0) is 27.6 Å². The molecule has 1 atom stereocenters. The first-order valence-electron chi connectivity index (χ1n) is 5.01. The maximum Gasteiger partial charge on any atom is 0.373 e. The highest BCUT2D eigenvalue weighted by Crippen LogP contribution is 2.09. The molecule has 0 aliphatic heterocycles. The number of aliphatic hydroxyl groups is 1. The first kappa shape index (κ1) is 14.4. The molecule has 0 aromatic rings. The van der Waals surface area contributed by atoms with Crippen LogP contribution in [-0.2, 0) is 9.53 Å². The molecule has 0 aromatic heterocycles. The fourth-order valence-electron chi connectivity index (χ4n) is 1.10. The fourth-order valence-corrected chi connectivity index (χ4v) is 1.10. The van der Waals surface area contributed by atoms with Crippen LogP contribution in [0, 0.1) is 0 Å². The Labute approximate surface area is 91.0 Å². The Kier molecular flexibility index (Phi) is 5.86. The Balaban J connectivity index is 4.02. The number of rotatable bonds is 5. The van der Waals surface area contributed by atoms with Crippen molar-refractivity contribution in [3.8, 4) is 0 Å². The summed E-state index contributed by atoms with van der Waals surface area (Å²) in [5.74, 6) is -0.394. The van der Waals surface area contributed by atoms with E-state index in [-0.39, 0.29) is 13.0 Å². The number of hydrogen-bond donors (Lipinski definition) is 3. The van der Waals surface area contributed by atoms with Crippen molar-refractivity contribution in [3.05, 3.63) is 0 Å². The van der Waals surface area contributed by atoms with Crippen LogP contribution in [0.2, 0.25) is 6.82 Å². The van der Waals surface area contributed by atoms with Crippen molar-refractivity contribution in [2.45, 2.75) is 45.7 Å². The van der Waals surface area contributed by atoms with Crippen molar-refractivity contribution in [2.75, 3.05) is 6.61 Å².